The number of fused-ring (bicyclic) bond motifs is 1. The predicted octanol–water partition coefficient (Wildman–Crippen LogP) is 0.0861. The van der Waals surface area contributed by atoms with Gasteiger partial charge in [0.15, 0.2) is 16.3 Å². The van der Waals surface area contributed by atoms with Crippen molar-refractivity contribution in [2.75, 3.05) is 5.75 Å². The molecule has 2 aromatic rings. The molecule has 0 aromatic carbocycles. The van der Waals surface area contributed by atoms with E-state index in [4.69, 9.17) is 6.42 Å². The van der Waals surface area contributed by atoms with Crippen LogP contribution in [0.5, 0.6) is 0 Å². The maximum Gasteiger partial charge on any atom is 0.332 e. The Labute approximate surface area is 114 Å². The summed E-state index contributed by atoms with van der Waals surface area (Å²) >= 11 is 1.47. The van der Waals surface area contributed by atoms with Crippen molar-refractivity contribution in [2.45, 2.75) is 11.6 Å². The SMILES string of the molecule is C#CCCSc1nc2c(c(=O)n(C)c(=O)n2C)n1C. The third kappa shape index (κ3) is 2.08. The Morgan fingerprint density at radius 1 is 1.21 bits per heavy atom. The molecule has 0 aliphatic heterocycles. The van der Waals surface area contributed by atoms with Gasteiger partial charge in [0.1, 0.15) is 0 Å². The first-order chi connectivity index (χ1) is 8.99. The molecule has 0 amide bonds. The van der Waals surface area contributed by atoms with Gasteiger partial charge in [0.05, 0.1) is 0 Å². The maximum absolute atomic E-state index is 12.1. The van der Waals surface area contributed by atoms with Gasteiger partial charge in [-0.1, -0.05) is 11.8 Å². The summed E-state index contributed by atoms with van der Waals surface area (Å²) in [6.45, 7) is 0. The van der Waals surface area contributed by atoms with Gasteiger partial charge in [0, 0.05) is 33.3 Å². The zero-order valence-corrected chi connectivity index (χ0v) is 11.8. The summed E-state index contributed by atoms with van der Waals surface area (Å²) in [4.78, 5) is 28.3. The highest BCUT2D eigenvalue weighted by atomic mass is 32.2. The Balaban J connectivity index is 2.68. The van der Waals surface area contributed by atoms with Crippen LogP contribution < -0.4 is 11.2 Å². The first-order valence-corrected chi connectivity index (χ1v) is 6.66. The van der Waals surface area contributed by atoms with Crippen molar-refractivity contribution < 1.29 is 0 Å². The standard InChI is InChI=1S/C12H14N4O2S/c1-5-6-7-19-11-13-9-8(14(11)2)10(17)16(4)12(18)15(9)3/h1H,6-7H2,2-4H3. The van der Waals surface area contributed by atoms with Crippen molar-refractivity contribution in [1.29, 1.82) is 0 Å². The van der Waals surface area contributed by atoms with Gasteiger partial charge in [-0.15, -0.1) is 12.3 Å². The Kier molecular flexibility index (Phi) is 3.53. The molecule has 0 aliphatic carbocycles. The molecule has 0 fully saturated rings. The lowest BCUT2D eigenvalue weighted by molar-refractivity contribution is 0.705. The fourth-order valence-electron chi connectivity index (χ4n) is 1.83. The highest BCUT2D eigenvalue weighted by Crippen LogP contribution is 2.20. The van der Waals surface area contributed by atoms with Crippen LogP contribution in [0.1, 0.15) is 6.42 Å². The Morgan fingerprint density at radius 2 is 1.89 bits per heavy atom. The van der Waals surface area contributed by atoms with E-state index in [-0.39, 0.29) is 11.2 Å². The van der Waals surface area contributed by atoms with Crippen molar-refractivity contribution in [1.82, 2.24) is 18.7 Å². The van der Waals surface area contributed by atoms with E-state index in [0.29, 0.717) is 22.7 Å². The van der Waals surface area contributed by atoms with E-state index in [0.717, 1.165) is 10.3 Å². The lowest BCUT2D eigenvalue weighted by Crippen LogP contribution is -2.37. The largest absolute Gasteiger partial charge is 0.332 e. The van der Waals surface area contributed by atoms with Gasteiger partial charge in [0.25, 0.3) is 5.56 Å². The molecule has 0 unspecified atom stereocenters. The molecule has 2 heterocycles. The number of aryl methyl sites for hydroxylation is 2. The molecule has 2 aromatic heterocycles. The van der Waals surface area contributed by atoms with Crippen LogP contribution in [0.4, 0.5) is 0 Å². The molecular formula is C12H14N4O2S. The van der Waals surface area contributed by atoms with Crippen LogP contribution in [-0.2, 0) is 21.1 Å². The highest BCUT2D eigenvalue weighted by molar-refractivity contribution is 7.99. The number of nitrogens with zero attached hydrogens (tertiary/aromatic N) is 4. The first kappa shape index (κ1) is 13.5. The van der Waals surface area contributed by atoms with E-state index < -0.39 is 0 Å². The molecule has 100 valence electrons. The van der Waals surface area contributed by atoms with Gasteiger partial charge < -0.3 is 4.57 Å². The van der Waals surface area contributed by atoms with Crippen molar-refractivity contribution in [3.05, 3.63) is 20.8 Å². The monoisotopic (exact) mass is 278 g/mol. The molecular weight excluding hydrogens is 264 g/mol. The summed E-state index contributed by atoms with van der Waals surface area (Å²) in [5, 5.41) is 0.684. The topological polar surface area (TPSA) is 61.8 Å². The maximum atomic E-state index is 12.1. The second-order valence-corrected chi connectivity index (χ2v) is 5.20. The molecule has 0 spiro atoms. The quantitative estimate of drug-likeness (QED) is 0.453. The number of imidazole rings is 1. The van der Waals surface area contributed by atoms with Gasteiger partial charge in [-0.3, -0.25) is 13.9 Å². The minimum absolute atomic E-state index is 0.336. The third-order valence-electron chi connectivity index (χ3n) is 2.91. The average Bonchev–Trinajstić information content (AvgIpc) is 2.72. The number of rotatable bonds is 3. The number of hydrogen-bond acceptors (Lipinski definition) is 4. The van der Waals surface area contributed by atoms with Gasteiger partial charge in [0.2, 0.25) is 0 Å². The fourth-order valence-corrected chi connectivity index (χ4v) is 2.67. The Bertz CT molecular complexity index is 791. The molecule has 19 heavy (non-hydrogen) atoms. The van der Waals surface area contributed by atoms with Gasteiger partial charge in [-0.05, 0) is 0 Å². The van der Waals surface area contributed by atoms with E-state index in [1.807, 2.05) is 0 Å². The summed E-state index contributed by atoms with van der Waals surface area (Å²) in [6, 6.07) is 0. The number of aromatic nitrogens is 4. The number of thioether (sulfide) groups is 1. The lowest BCUT2D eigenvalue weighted by atomic mass is 10.5. The van der Waals surface area contributed by atoms with Crippen molar-refractivity contribution in [2.24, 2.45) is 21.1 Å². The van der Waals surface area contributed by atoms with Crippen molar-refractivity contribution in [3.63, 3.8) is 0 Å². The molecule has 6 nitrogen and oxygen atoms in total. The van der Waals surface area contributed by atoms with E-state index in [1.54, 1.807) is 18.7 Å². The molecule has 7 heteroatoms. The lowest BCUT2D eigenvalue weighted by Gasteiger charge is -2.03. The van der Waals surface area contributed by atoms with Gasteiger partial charge in [-0.2, -0.15) is 0 Å². The van der Waals surface area contributed by atoms with Crippen LogP contribution in [0, 0.1) is 12.3 Å². The first-order valence-electron chi connectivity index (χ1n) is 5.67. The predicted molar refractivity (Wildman–Crippen MR) is 75.4 cm³/mol. The van der Waals surface area contributed by atoms with Crippen molar-refractivity contribution >= 4 is 22.9 Å². The van der Waals surface area contributed by atoms with Crippen LogP contribution in [0.25, 0.3) is 11.2 Å². The highest BCUT2D eigenvalue weighted by Gasteiger charge is 2.16. The zero-order chi connectivity index (χ0) is 14.2. The summed E-state index contributed by atoms with van der Waals surface area (Å²) in [5.41, 5.74) is 0.110. The minimum atomic E-state index is -0.379. The van der Waals surface area contributed by atoms with Crippen LogP contribution in [0.15, 0.2) is 14.7 Å². The number of terminal acetylenes is 1. The van der Waals surface area contributed by atoms with Crippen LogP contribution in [0.3, 0.4) is 0 Å². The smallest absolute Gasteiger partial charge is 0.316 e. The minimum Gasteiger partial charge on any atom is -0.316 e. The fraction of sp³-hybridized carbons (Fsp3) is 0.417. The van der Waals surface area contributed by atoms with Crippen LogP contribution in [0.2, 0.25) is 0 Å². The van der Waals surface area contributed by atoms with E-state index in [2.05, 4.69) is 10.9 Å². The molecule has 0 saturated carbocycles. The normalized spacial score (nSPS) is 10.8. The van der Waals surface area contributed by atoms with Gasteiger partial charge in [-0.25, -0.2) is 9.78 Å². The molecule has 0 bridgehead atoms. The second kappa shape index (κ2) is 4.97. The molecule has 0 aliphatic rings. The molecule has 0 saturated heterocycles. The molecule has 0 N–H and O–H groups in total. The Morgan fingerprint density at radius 3 is 2.53 bits per heavy atom. The van der Waals surface area contributed by atoms with E-state index >= 15 is 0 Å². The van der Waals surface area contributed by atoms with E-state index in [1.165, 1.54) is 23.4 Å². The second-order valence-electron chi connectivity index (χ2n) is 4.13. The third-order valence-corrected chi connectivity index (χ3v) is 3.94. The summed E-state index contributed by atoms with van der Waals surface area (Å²) < 4.78 is 4.17. The van der Waals surface area contributed by atoms with Crippen LogP contribution >= 0.6 is 11.8 Å². The zero-order valence-electron chi connectivity index (χ0n) is 11.0. The molecule has 2 rings (SSSR count). The summed E-state index contributed by atoms with van der Waals surface area (Å²) in [5.74, 6) is 3.28. The Hall–Kier alpha value is -1.94. The average molecular weight is 278 g/mol. The van der Waals surface area contributed by atoms with Crippen molar-refractivity contribution in [3.8, 4) is 12.3 Å². The summed E-state index contributed by atoms with van der Waals surface area (Å²) in [6.07, 6.45) is 5.83. The molecule has 0 radical (unpaired) electrons. The summed E-state index contributed by atoms with van der Waals surface area (Å²) in [7, 11) is 4.83. The van der Waals surface area contributed by atoms with E-state index in [9.17, 15) is 9.59 Å². The van der Waals surface area contributed by atoms with Crippen LogP contribution in [-0.4, -0.2) is 24.4 Å². The van der Waals surface area contributed by atoms with Gasteiger partial charge >= 0.3 is 5.69 Å². The number of hydrogen-bond donors (Lipinski definition) is 0. The molecule has 0 atom stereocenters.